The largest absolute Gasteiger partial charge is 0.508 e. The Hall–Kier alpha value is -3.17. The summed E-state index contributed by atoms with van der Waals surface area (Å²) in [6.07, 6.45) is 8.19. The standard InChI is InChI=1S/C34H43FN6O2/c1-2-22-5-3-6-23-15-27(42)16-30(31(22)23)39-14-10-28-29(20-39)37-33(38-32(28)40-18-24-7-8-25(19-40)36-24)43-21-34-11-4-13-41(34)26(17-35)9-12-34/h3,5-6,15-16,24-26,36,42H,2,4,7-14,17-21H2,1H3/t24-,25+,26?,34?. The van der Waals surface area contributed by atoms with Crippen LogP contribution in [0.25, 0.3) is 10.8 Å². The quantitative estimate of drug-likeness (QED) is 0.411. The first-order valence-corrected chi connectivity index (χ1v) is 16.4. The van der Waals surface area contributed by atoms with Crippen molar-refractivity contribution in [2.24, 2.45) is 0 Å². The van der Waals surface area contributed by atoms with Gasteiger partial charge in [-0.15, -0.1) is 0 Å². The molecule has 2 aromatic carbocycles. The van der Waals surface area contributed by atoms with Gasteiger partial charge in [0.25, 0.3) is 0 Å². The number of anilines is 2. The second-order valence-electron chi connectivity index (χ2n) is 13.5. The number of hydrogen-bond acceptors (Lipinski definition) is 8. The van der Waals surface area contributed by atoms with Crippen molar-refractivity contribution in [2.45, 2.75) is 88.5 Å². The van der Waals surface area contributed by atoms with Crippen molar-refractivity contribution in [1.82, 2.24) is 20.2 Å². The minimum Gasteiger partial charge on any atom is -0.508 e. The zero-order valence-electron chi connectivity index (χ0n) is 25.2. The number of rotatable bonds is 7. The molecule has 1 aromatic heterocycles. The van der Waals surface area contributed by atoms with Crippen molar-refractivity contribution < 1.29 is 14.2 Å². The predicted octanol–water partition coefficient (Wildman–Crippen LogP) is 4.75. The van der Waals surface area contributed by atoms with Gasteiger partial charge in [0.05, 0.1) is 17.8 Å². The molecule has 8 nitrogen and oxygen atoms in total. The number of aromatic hydroxyl groups is 1. The van der Waals surface area contributed by atoms with Crippen LogP contribution < -0.4 is 19.9 Å². The highest BCUT2D eigenvalue weighted by molar-refractivity contribution is 5.98. The van der Waals surface area contributed by atoms with Gasteiger partial charge in [-0.3, -0.25) is 4.90 Å². The number of phenolic OH excluding ortho intramolecular Hbond substituents is 1. The molecule has 8 rings (SSSR count). The molecule has 0 aliphatic carbocycles. The minimum atomic E-state index is -0.286. The maximum absolute atomic E-state index is 13.8. The molecule has 4 saturated heterocycles. The molecule has 43 heavy (non-hydrogen) atoms. The summed E-state index contributed by atoms with van der Waals surface area (Å²) < 4.78 is 20.3. The summed E-state index contributed by atoms with van der Waals surface area (Å²) in [5.74, 6) is 1.32. The van der Waals surface area contributed by atoms with Crippen LogP contribution in [0.15, 0.2) is 30.3 Å². The summed E-state index contributed by atoms with van der Waals surface area (Å²) in [5, 5.41) is 16.7. The van der Waals surface area contributed by atoms with Crippen LogP contribution in [0.2, 0.25) is 0 Å². The molecule has 228 valence electrons. The molecule has 2 N–H and O–H groups in total. The lowest BCUT2D eigenvalue weighted by Crippen LogP contribution is -2.52. The minimum absolute atomic E-state index is 0.0149. The van der Waals surface area contributed by atoms with Gasteiger partial charge >= 0.3 is 6.01 Å². The first-order chi connectivity index (χ1) is 21.0. The third kappa shape index (κ3) is 4.70. The number of ether oxygens (including phenoxy) is 1. The van der Waals surface area contributed by atoms with Crippen LogP contribution in [0, 0.1) is 0 Å². The van der Waals surface area contributed by atoms with Gasteiger partial charge in [-0.25, -0.2) is 4.39 Å². The Balaban J connectivity index is 1.15. The highest BCUT2D eigenvalue weighted by Crippen LogP contribution is 2.43. The molecule has 2 unspecified atom stereocenters. The van der Waals surface area contributed by atoms with Crippen molar-refractivity contribution >= 4 is 22.3 Å². The van der Waals surface area contributed by atoms with E-state index >= 15 is 0 Å². The van der Waals surface area contributed by atoms with Crippen LogP contribution in [0.1, 0.15) is 62.3 Å². The van der Waals surface area contributed by atoms with E-state index in [2.05, 4.69) is 45.1 Å². The molecule has 0 saturated carbocycles. The molecule has 6 heterocycles. The Labute approximate surface area is 253 Å². The van der Waals surface area contributed by atoms with Crippen LogP contribution in [0.5, 0.6) is 11.8 Å². The molecule has 4 fully saturated rings. The normalized spacial score (nSPS) is 28.5. The number of fused-ring (bicyclic) bond motifs is 5. The lowest BCUT2D eigenvalue weighted by atomic mass is 9.95. The number of hydrogen-bond donors (Lipinski definition) is 2. The zero-order chi connectivity index (χ0) is 29.1. The van der Waals surface area contributed by atoms with E-state index in [1.54, 1.807) is 0 Å². The van der Waals surface area contributed by atoms with Crippen LogP contribution in [-0.4, -0.2) is 83.1 Å². The van der Waals surface area contributed by atoms with Gasteiger partial charge in [-0.05, 0) is 74.9 Å². The second kappa shape index (κ2) is 10.8. The number of aromatic nitrogens is 2. The van der Waals surface area contributed by atoms with E-state index in [0.29, 0.717) is 31.2 Å². The fourth-order valence-electron chi connectivity index (χ4n) is 8.88. The third-order valence-electron chi connectivity index (χ3n) is 11.0. The average Bonchev–Trinajstić information content (AvgIpc) is 3.70. The number of alkyl halides is 1. The maximum atomic E-state index is 13.8. The van der Waals surface area contributed by atoms with Crippen molar-refractivity contribution in [3.05, 3.63) is 47.2 Å². The predicted molar refractivity (Wildman–Crippen MR) is 167 cm³/mol. The monoisotopic (exact) mass is 586 g/mol. The van der Waals surface area contributed by atoms with Gasteiger partial charge in [0.2, 0.25) is 0 Å². The van der Waals surface area contributed by atoms with Gasteiger partial charge < -0.3 is 25.0 Å². The Kier molecular flexibility index (Phi) is 6.86. The molecule has 5 aliphatic rings. The third-order valence-corrected chi connectivity index (χ3v) is 11.0. The second-order valence-corrected chi connectivity index (χ2v) is 13.5. The maximum Gasteiger partial charge on any atom is 0.318 e. The van der Waals surface area contributed by atoms with Gasteiger partial charge in [0.15, 0.2) is 0 Å². The average molecular weight is 587 g/mol. The van der Waals surface area contributed by atoms with E-state index in [0.717, 1.165) is 87.3 Å². The first kappa shape index (κ1) is 27.4. The molecular weight excluding hydrogens is 543 g/mol. The molecule has 3 aromatic rings. The fourth-order valence-corrected chi connectivity index (χ4v) is 8.88. The Bertz CT molecular complexity index is 1520. The van der Waals surface area contributed by atoms with Crippen molar-refractivity contribution in [3.8, 4) is 11.8 Å². The molecular formula is C34H43FN6O2. The van der Waals surface area contributed by atoms with E-state index in [4.69, 9.17) is 14.7 Å². The molecule has 2 bridgehead atoms. The molecule has 0 spiro atoms. The van der Waals surface area contributed by atoms with E-state index in [9.17, 15) is 9.50 Å². The smallest absolute Gasteiger partial charge is 0.318 e. The van der Waals surface area contributed by atoms with E-state index in [1.165, 1.54) is 29.4 Å². The summed E-state index contributed by atoms with van der Waals surface area (Å²) in [6, 6.07) is 11.6. The fraction of sp³-hybridized carbons (Fsp3) is 0.588. The number of halogens is 1. The lowest BCUT2D eigenvalue weighted by Gasteiger charge is -2.38. The number of nitrogens with zero attached hydrogens (tertiary/aromatic N) is 5. The summed E-state index contributed by atoms with van der Waals surface area (Å²) in [6.45, 7) is 6.74. The number of nitrogens with one attached hydrogen (secondary N) is 1. The Morgan fingerprint density at radius 1 is 1.07 bits per heavy atom. The molecule has 4 atom stereocenters. The first-order valence-electron chi connectivity index (χ1n) is 16.4. The van der Waals surface area contributed by atoms with Crippen LogP contribution in [-0.2, 0) is 19.4 Å². The highest BCUT2D eigenvalue weighted by Gasteiger charge is 2.50. The summed E-state index contributed by atoms with van der Waals surface area (Å²) in [5.41, 5.74) is 4.48. The SMILES string of the molecule is CCc1cccc2cc(O)cc(N3CCc4c(nc(OCC56CCCN5C(CF)CC6)nc4N4C[C@H]5CC[C@@H](C4)N5)C3)c12. The van der Waals surface area contributed by atoms with Gasteiger partial charge in [0, 0.05) is 60.5 Å². The summed E-state index contributed by atoms with van der Waals surface area (Å²) >= 11 is 0. The van der Waals surface area contributed by atoms with Crippen LogP contribution >= 0.6 is 0 Å². The molecule has 5 aliphatic heterocycles. The number of benzene rings is 2. The van der Waals surface area contributed by atoms with Crippen LogP contribution in [0.3, 0.4) is 0 Å². The van der Waals surface area contributed by atoms with Crippen molar-refractivity contribution in [1.29, 1.82) is 0 Å². The van der Waals surface area contributed by atoms with E-state index in [-0.39, 0.29) is 24.0 Å². The Morgan fingerprint density at radius 3 is 2.74 bits per heavy atom. The van der Waals surface area contributed by atoms with Gasteiger partial charge in [-0.2, -0.15) is 9.97 Å². The van der Waals surface area contributed by atoms with Crippen molar-refractivity contribution in [3.63, 3.8) is 0 Å². The van der Waals surface area contributed by atoms with Gasteiger partial charge in [0.1, 0.15) is 24.8 Å². The zero-order valence-corrected chi connectivity index (χ0v) is 25.2. The van der Waals surface area contributed by atoms with Crippen molar-refractivity contribution in [2.75, 3.05) is 49.3 Å². The van der Waals surface area contributed by atoms with Gasteiger partial charge in [-0.1, -0.05) is 25.1 Å². The van der Waals surface area contributed by atoms with E-state index < -0.39 is 0 Å². The van der Waals surface area contributed by atoms with Crippen LogP contribution in [0.4, 0.5) is 15.9 Å². The number of phenols is 1. The highest BCUT2D eigenvalue weighted by atomic mass is 19.1. The lowest BCUT2D eigenvalue weighted by molar-refractivity contribution is 0.0769. The number of aryl methyl sites for hydroxylation is 1. The number of piperazine rings is 1. The molecule has 9 heteroatoms. The topological polar surface area (TPSA) is 77.0 Å². The summed E-state index contributed by atoms with van der Waals surface area (Å²) in [4.78, 5) is 17.4. The molecule has 0 amide bonds. The van der Waals surface area contributed by atoms with E-state index in [1.807, 2.05) is 12.1 Å². The molecule has 0 radical (unpaired) electrons. The Morgan fingerprint density at radius 2 is 1.93 bits per heavy atom. The summed E-state index contributed by atoms with van der Waals surface area (Å²) in [7, 11) is 0.